The minimum Gasteiger partial charge on any atom is -0.393 e. The van der Waals surface area contributed by atoms with E-state index in [2.05, 4.69) is 26.1 Å². The second kappa shape index (κ2) is 6.02. The van der Waals surface area contributed by atoms with Crippen LogP contribution in [0.5, 0.6) is 0 Å². The predicted octanol–water partition coefficient (Wildman–Crippen LogP) is 2.51. The van der Waals surface area contributed by atoms with Crippen molar-refractivity contribution in [1.29, 1.82) is 0 Å². The van der Waals surface area contributed by atoms with Crippen molar-refractivity contribution in [2.24, 2.45) is 0 Å². The first-order valence-corrected chi connectivity index (χ1v) is 8.01. The highest BCUT2D eigenvalue weighted by atomic mass is 79.9. The minimum absolute atomic E-state index is 0.201. The average molecular weight is 357 g/mol. The summed E-state index contributed by atoms with van der Waals surface area (Å²) >= 11 is 3.19. The summed E-state index contributed by atoms with van der Waals surface area (Å²) in [6, 6.07) is 5.13. The van der Waals surface area contributed by atoms with E-state index in [0.717, 1.165) is 25.7 Å². The number of nitrogens with zero attached hydrogens (tertiary/aromatic N) is 1. The van der Waals surface area contributed by atoms with Crippen molar-refractivity contribution in [3.63, 3.8) is 0 Å². The van der Waals surface area contributed by atoms with Gasteiger partial charge in [-0.3, -0.25) is 9.69 Å². The van der Waals surface area contributed by atoms with Gasteiger partial charge in [0.1, 0.15) is 5.82 Å². The van der Waals surface area contributed by atoms with Gasteiger partial charge in [-0.15, -0.1) is 0 Å². The van der Waals surface area contributed by atoms with E-state index in [9.17, 15) is 14.3 Å². The lowest BCUT2D eigenvalue weighted by Crippen LogP contribution is -2.47. The second-order valence-electron chi connectivity index (χ2n) is 5.85. The van der Waals surface area contributed by atoms with Crippen molar-refractivity contribution in [3.05, 3.63) is 28.5 Å². The Morgan fingerprint density at radius 2 is 2.05 bits per heavy atom. The molecule has 3 rings (SSSR count). The van der Waals surface area contributed by atoms with E-state index >= 15 is 0 Å². The summed E-state index contributed by atoms with van der Waals surface area (Å²) in [6.07, 6.45) is 3.28. The maximum Gasteiger partial charge on any atom is 0.238 e. The monoisotopic (exact) mass is 356 g/mol. The molecule has 1 aromatic carbocycles. The molecule has 4 nitrogen and oxygen atoms in total. The number of fused-ring (bicyclic) bond motifs is 2. The number of rotatable bonds is 3. The van der Waals surface area contributed by atoms with Crippen LogP contribution in [0, 0.1) is 5.82 Å². The maximum atomic E-state index is 13.7. The molecule has 2 N–H and O–H groups in total. The Morgan fingerprint density at radius 3 is 2.67 bits per heavy atom. The number of carbonyl (C=O) groups is 1. The third-order valence-electron chi connectivity index (χ3n) is 4.39. The van der Waals surface area contributed by atoms with Crippen LogP contribution in [0.3, 0.4) is 0 Å². The molecule has 2 atom stereocenters. The maximum absolute atomic E-state index is 13.7. The summed E-state index contributed by atoms with van der Waals surface area (Å²) in [7, 11) is 0. The van der Waals surface area contributed by atoms with Gasteiger partial charge in [-0.05, 0) is 43.9 Å². The van der Waals surface area contributed by atoms with Gasteiger partial charge in [-0.1, -0.05) is 15.9 Å². The molecule has 6 heteroatoms. The SMILES string of the molecule is O=C(CN1C2CCC1CC(O)C2)Nc1ccc(Br)cc1F. The summed E-state index contributed by atoms with van der Waals surface area (Å²) in [5.41, 5.74) is 0.201. The summed E-state index contributed by atoms with van der Waals surface area (Å²) in [4.78, 5) is 14.3. The summed E-state index contributed by atoms with van der Waals surface area (Å²) < 4.78 is 14.4. The molecule has 2 saturated heterocycles. The molecule has 2 aliphatic rings. The number of piperidine rings is 1. The molecule has 0 aliphatic carbocycles. The van der Waals surface area contributed by atoms with Gasteiger partial charge in [0.15, 0.2) is 0 Å². The Morgan fingerprint density at radius 1 is 1.38 bits per heavy atom. The number of halogens is 2. The number of benzene rings is 1. The minimum atomic E-state index is -0.449. The molecule has 2 unspecified atom stereocenters. The van der Waals surface area contributed by atoms with Crippen LogP contribution in [0.15, 0.2) is 22.7 Å². The molecule has 2 heterocycles. The molecule has 2 bridgehead atoms. The number of aliphatic hydroxyl groups is 1. The molecule has 1 amide bonds. The van der Waals surface area contributed by atoms with Crippen molar-refractivity contribution in [2.75, 3.05) is 11.9 Å². The molecule has 0 spiro atoms. The Balaban J connectivity index is 1.62. The number of hydrogen-bond donors (Lipinski definition) is 2. The first-order chi connectivity index (χ1) is 10.0. The van der Waals surface area contributed by atoms with Crippen LogP contribution in [0.4, 0.5) is 10.1 Å². The van der Waals surface area contributed by atoms with Crippen LogP contribution >= 0.6 is 15.9 Å². The van der Waals surface area contributed by atoms with Crippen LogP contribution in [-0.2, 0) is 4.79 Å². The summed E-state index contributed by atoms with van der Waals surface area (Å²) in [6.45, 7) is 0.261. The van der Waals surface area contributed by atoms with Crippen molar-refractivity contribution in [2.45, 2.75) is 43.9 Å². The van der Waals surface area contributed by atoms with E-state index in [0.29, 0.717) is 4.47 Å². The van der Waals surface area contributed by atoms with Gasteiger partial charge in [0.25, 0.3) is 0 Å². The fourth-order valence-electron chi connectivity index (χ4n) is 3.45. The third-order valence-corrected chi connectivity index (χ3v) is 4.88. The quantitative estimate of drug-likeness (QED) is 0.874. The largest absolute Gasteiger partial charge is 0.393 e. The number of anilines is 1. The first-order valence-electron chi connectivity index (χ1n) is 7.21. The Hall–Kier alpha value is -0.980. The number of aliphatic hydroxyl groups excluding tert-OH is 1. The molecule has 1 aromatic rings. The van der Waals surface area contributed by atoms with Crippen LogP contribution < -0.4 is 5.32 Å². The number of hydrogen-bond acceptors (Lipinski definition) is 3. The molecule has 2 fully saturated rings. The van der Waals surface area contributed by atoms with E-state index in [-0.39, 0.29) is 36.3 Å². The van der Waals surface area contributed by atoms with Gasteiger partial charge >= 0.3 is 0 Å². The standard InChI is InChI=1S/C15H18BrFN2O2/c16-9-1-4-14(13(17)5-9)18-15(21)8-19-10-2-3-11(19)7-12(20)6-10/h1,4-5,10-12,20H,2-3,6-8H2,(H,18,21). The van der Waals surface area contributed by atoms with Crippen molar-refractivity contribution >= 4 is 27.5 Å². The zero-order valence-corrected chi connectivity index (χ0v) is 13.1. The highest BCUT2D eigenvalue weighted by Gasteiger charge is 2.40. The van der Waals surface area contributed by atoms with E-state index in [1.807, 2.05) is 0 Å². The Labute approximate surface area is 131 Å². The van der Waals surface area contributed by atoms with E-state index < -0.39 is 5.82 Å². The Kier molecular flexibility index (Phi) is 4.28. The van der Waals surface area contributed by atoms with Gasteiger partial charge < -0.3 is 10.4 Å². The molecule has 21 heavy (non-hydrogen) atoms. The van der Waals surface area contributed by atoms with Gasteiger partial charge in [0, 0.05) is 16.6 Å². The molecule has 0 saturated carbocycles. The fourth-order valence-corrected chi connectivity index (χ4v) is 3.78. The lowest BCUT2D eigenvalue weighted by molar-refractivity contribution is -0.119. The average Bonchev–Trinajstić information content (AvgIpc) is 2.66. The van der Waals surface area contributed by atoms with Gasteiger partial charge in [0.2, 0.25) is 5.91 Å². The van der Waals surface area contributed by atoms with Crippen LogP contribution in [-0.4, -0.2) is 40.6 Å². The zero-order valence-electron chi connectivity index (χ0n) is 11.6. The van der Waals surface area contributed by atoms with Crippen LogP contribution in [0.2, 0.25) is 0 Å². The van der Waals surface area contributed by atoms with Crippen molar-refractivity contribution < 1.29 is 14.3 Å². The van der Waals surface area contributed by atoms with Crippen molar-refractivity contribution in [3.8, 4) is 0 Å². The molecular weight excluding hydrogens is 339 g/mol. The summed E-state index contributed by atoms with van der Waals surface area (Å²) in [5, 5.41) is 12.4. The second-order valence-corrected chi connectivity index (χ2v) is 6.77. The molecule has 2 aliphatic heterocycles. The lowest BCUT2D eigenvalue weighted by atomic mass is 10.00. The van der Waals surface area contributed by atoms with E-state index in [4.69, 9.17) is 0 Å². The zero-order chi connectivity index (χ0) is 15.0. The lowest BCUT2D eigenvalue weighted by Gasteiger charge is -2.36. The first kappa shape index (κ1) is 14.9. The van der Waals surface area contributed by atoms with Gasteiger partial charge in [0.05, 0.1) is 18.3 Å². The van der Waals surface area contributed by atoms with Crippen molar-refractivity contribution in [1.82, 2.24) is 4.90 Å². The molecule has 0 radical (unpaired) electrons. The number of carbonyl (C=O) groups excluding carboxylic acids is 1. The van der Waals surface area contributed by atoms with Gasteiger partial charge in [-0.25, -0.2) is 4.39 Å². The summed E-state index contributed by atoms with van der Waals surface area (Å²) in [5.74, 6) is -0.653. The molecule has 114 valence electrons. The van der Waals surface area contributed by atoms with Crippen LogP contribution in [0.25, 0.3) is 0 Å². The van der Waals surface area contributed by atoms with E-state index in [1.165, 1.54) is 6.07 Å². The highest BCUT2D eigenvalue weighted by molar-refractivity contribution is 9.10. The molecular formula is C15H18BrFN2O2. The Bertz CT molecular complexity index is 540. The number of nitrogens with one attached hydrogen (secondary N) is 1. The normalized spacial score (nSPS) is 28.6. The van der Waals surface area contributed by atoms with Crippen LogP contribution in [0.1, 0.15) is 25.7 Å². The fraction of sp³-hybridized carbons (Fsp3) is 0.533. The third kappa shape index (κ3) is 3.27. The predicted molar refractivity (Wildman–Crippen MR) is 81.5 cm³/mol. The van der Waals surface area contributed by atoms with E-state index in [1.54, 1.807) is 12.1 Å². The van der Waals surface area contributed by atoms with Gasteiger partial charge in [-0.2, -0.15) is 0 Å². The molecule has 0 aromatic heterocycles. The highest BCUT2D eigenvalue weighted by Crippen LogP contribution is 2.35. The smallest absolute Gasteiger partial charge is 0.238 e. The topological polar surface area (TPSA) is 52.6 Å². The number of amides is 1.